The smallest absolute Gasteiger partial charge is 0.325 e. The largest absolute Gasteiger partial charge is 0.342 e. The van der Waals surface area contributed by atoms with Gasteiger partial charge < -0.3 is 9.35 Å². The van der Waals surface area contributed by atoms with E-state index in [4.69, 9.17) is 9.39 Å². The minimum Gasteiger partial charge on any atom is -0.325 e. The van der Waals surface area contributed by atoms with Crippen molar-refractivity contribution in [2.75, 3.05) is 6.61 Å². The maximum Gasteiger partial charge on any atom is 0.342 e. The molecule has 0 aromatic heterocycles. The van der Waals surface area contributed by atoms with Crippen molar-refractivity contribution >= 4 is 18.3 Å². The van der Waals surface area contributed by atoms with Crippen LogP contribution in [0.25, 0.3) is 0 Å². The molecule has 0 saturated heterocycles. The van der Waals surface area contributed by atoms with Crippen molar-refractivity contribution in [1.29, 1.82) is 0 Å². The highest BCUT2D eigenvalue weighted by atomic mass is 32.2. The lowest BCUT2D eigenvalue weighted by atomic mass is 9.71. The molecule has 0 amide bonds. The first kappa shape index (κ1) is 19.8. The molecule has 1 rings (SSSR count). The van der Waals surface area contributed by atoms with Gasteiger partial charge in [0, 0.05) is 5.92 Å². The van der Waals surface area contributed by atoms with Gasteiger partial charge in [-0.3, -0.25) is 9.68 Å². The lowest BCUT2D eigenvalue weighted by molar-refractivity contribution is -0.258. The first-order valence-electron chi connectivity index (χ1n) is 7.40. The summed E-state index contributed by atoms with van der Waals surface area (Å²) in [6, 6.07) is 0. The first-order chi connectivity index (χ1) is 10.2. The zero-order valence-corrected chi connectivity index (χ0v) is 14.0. The van der Waals surface area contributed by atoms with Crippen molar-refractivity contribution in [1.82, 2.24) is 5.64 Å². The molecular formula is C14H25F2NO4S. The number of alkyl halides is 2. The summed E-state index contributed by atoms with van der Waals surface area (Å²) < 4.78 is 33.9. The normalized spacial score (nSPS) is 29.8. The lowest BCUT2D eigenvalue weighted by Gasteiger charge is -2.40. The first-order valence-corrected chi connectivity index (χ1v) is 8.17. The van der Waals surface area contributed by atoms with Crippen LogP contribution in [0.3, 0.4) is 0 Å². The monoisotopic (exact) mass is 341 g/mol. The molecule has 1 fully saturated rings. The highest BCUT2D eigenvalue weighted by Crippen LogP contribution is 2.40. The van der Waals surface area contributed by atoms with E-state index < -0.39 is 29.5 Å². The van der Waals surface area contributed by atoms with Gasteiger partial charge >= 0.3 is 5.25 Å². The molecule has 1 aliphatic rings. The molecule has 1 aliphatic carbocycles. The van der Waals surface area contributed by atoms with Crippen molar-refractivity contribution in [2.24, 2.45) is 17.8 Å². The predicted molar refractivity (Wildman–Crippen MR) is 80.1 cm³/mol. The SMILES string of the molecule is CC(C)CC1CC(C=O)CC(C)(ONOCC(F)(F)SO)C1. The quantitative estimate of drug-likeness (QED) is 0.289. The molecule has 5 nitrogen and oxygen atoms in total. The van der Waals surface area contributed by atoms with E-state index in [1.165, 1.54) is 0 Å². The van der Waals surface area contributed by atoms with Crippen molar-refractivity contribution in [3.05, 3.63) is 0 Å². The standard InChI is InChI=1S/C14H25F2NO4S/c1-10(2)4-11-5-12(8-18)7-13(3,6-11)21-17-20-9-14(15,16)22-19/h8,10-12,17,19H,4-7,9H2,1-3H3. The number of aldehydes is 1. The van der Waals surface area contributed by atoms with E-state index in [-0.39, 0.29) is 5.92 Å². The highest BCUT2D eigenvalue weighted by molar-refractivity contribution is 7.94. The van der Waals surface area contributed by atoms with E-state index in [0.29, 0.717) is 18.3 Å². The highest BCUT2D eigenvalue weighted by Gasteiger charge is 2.39. The van der Waals surface area contributed by atoms with E-state index in [2.05, 4.69) is 24.3 Å². The third-order valence-electron chi connectivity index (χ3n) is 3.77. The fourth-order valence-electron chi connectivity index (χ4n) is 3.15. The van der Waals surface area contributed by atoms with Crippen molar-refractivity contribution in [3.63, 3.8) is 0 Å². The molecule has 3 atom stereocenters. The van der Waals surface area contributed by atoms with Crippen LogP contribution < -0.4 is 5.64 Å². The summed E-state index contributed by atoms with van der Waals surface area (Å²) in [5.41, 5.74) is 1.44. The summed E-state index contributed by atoms with van der Waals surface area (Å²) in [6.45, 7) is 5.07. The van der Waals surface area contributed by atoms with Gasteiger partial charge in [0.05, 0.1) is 17.6 Å². The minimum absolute atomic E-state index is 0.0984. The molecule has 0 bridgehead atoms. The van der Waals surface area contributed by atoms with Gasteiger partial charge in [-0.15, -0.1) is 0 Å². The Morgan fingerprint density at radius 1 is 1.50 bits per heavy atom. The third-order valence-corrected chi connectivity index (χ3v) is 4.15. The zero-order chi connectivity index (χ0) is 16.8. The summed E-state index contributed by atoms with van der Waals surface area (Å²) >= 11 is -0.577. The van der Waals surface area contributed by atoms with Gasteiger partial charge in [-0.1, -0.05) is 19.5 Å². The summed E-state index contributed by atoms with van der Waals surface area (Å²) in [7, 11) is 0. The second-order valence-corrected chi connectivity index (χ2v) is 7.47. The average molecular weight is 341 g/mol. The van der Waals surface area contributed by atoms with Gasteiger partial charge in [-0.05, 0) is 44.4 Å². The Labute approximate surface area is 134 Å². The van der Waals surface area contributed by atoms with Crippen LogP contribution in [-0.2, 0) is 14.5 Å². The van der Waals surface area contributed by atoms with Crippen LogP contribution in [0.15, 0.2) is 0 Å². The molecule has 22 heavy (non-hydrogen) atoms. The number of nitrogens with one attached hydrogen (secondary N) is 1. The van der Waals surface area contributed by atoms with E-state index in [0.717, 1.165) is 25.5 Å². The second-order valence-electron chi connectivity index (χ2n) is 6.69. The molecule has 0 heterocycles. The second kappa shape index (κ2) is 8.54. The molecule has 130 valence electrons. The van der Waals surface area contributed by atoms with Gasteiger partial charge in [0.25, 0.3) is 0 Å². The number of halogens is 2. The van der Waals surface area contributed by atoms with Crippen LogP contribution in [0, 0.1) is 17.8 Å². The predicted octanol–water partition coefficient (Wildman–Crippen LogP) is 3.66. The summed E-state index contributed by atoms with van der Waals surface area (Å²) in [5, 5.41) is -3.39. The van der Waals surface area contributed by atoms with Crippen LogP contribution in [0.1, 0.15) is 46.5 Å². The Hall–Kier alpha value is -0.280. The maximum atomic E-state index is 12.8. The van der Waals surface area contributed by atoms with Gasteiger partial charge in [0.15, 0.2) is 0 Å². The van der Waals surface area contributed by atoms with Gasteiger partial charge in [0.1, 0.15) is 12.9 Å². The molecule has 2 N–H and O–H groups in total. The van der Waals surface area contributed by atoms with Crippen LogP contribution >= 0.6 is 12.0 Å². The molecule has 8 heteroatoms. The Bertz CT molecular complexity index is 360. The minimum atomic E-state index is -3.39. The fraction of sp³-hybridized carbons (Fsp3) is 0.929. The Balaban J connectivity index is 2.49. The van der Waals surface area contributed by atoms with Crippen LogP contribution in [0.5, 0.6) is 0 Å². The third kappa shape index (κ3) is 6.87. The lowest BCUT2D eigenvalue weighted by Crippen LogP contribution is -2.44. The van der Waals surface area contributed by atoms with Crippen LogP contribution in [0.4, 0.5) is 8.78 Å². The number of hydrogen-bond acceptors (Lipinski definition) is 6. The van der Waals surface area contributed by atoms with Crippen LogP contribution in [0.2, 0.25) is 0 Å². The number of carbonyl (C=O) groups is 1. The Morgan fingerprint density at radius 3 is 2.73 bits per heavy atom. The Morgan fingerprint density at radius 2 is 2.18 bits per heavy atom. The van der Waals surface area contributed by atoms with Gasteiger partial charge in [-0.25, -0.2) is 0 Å². The van der Waals surface area contributed by atoms with Crippen molar-refractivity contribution < 1.29 is 27.8 Å². The molecule has 0 aromatic rings. The summed E-state index contributed by atoms with van der Waals surface area (Å²) in [4.78, 5) is 21.1. The van der Waals surface area contributed by atoms with Crippen molar-refractivity contribution in [3.8, 4) is 0 Å². The van der Waals surface area contributed by atoms with Crippen molar-refractivity contribution in [2.45, 2.75) is 57.3 Å². The van der Waals surface area contributed by atoms with E-state index in [1.54, 1.807) is 0 Å². The molecule has 0 aromatic carbocycles. The molecule has 0 aliphatic heterocycles. The van der Waals surface area contributed by atoms with Crippen LogP contribution in [-0.4, -0.2) is 28.3 Å². The summed E-state index contributed by atoms with van der Waals surface area (Å²) in [6.07, 6.45) is 4.01. The number of rotatable bonds is 9. The van der Waals surface area contributed by atoms with E-state index >= 15 is 0 Å². The number of carbonyl (C=O) groups excluding carboxylic acids is 1. The molecular weight excluding hydrogens is 316 g/mol. The molecule has 1 saturated carbocycles. The van der Waals surface area contributed by atoms with Gasteiger partial charge in [-0.2, -0.15) is 8.78 Å². The topological polar surface area (TPSA) is 67.8 Å². The molecule has 0 radical (unpaired) electrons. The zero-order valence-electron chi connectivity index (χ0n) is 13.2. The average Bonchev–Trinajstić information content (AvgIpc) is 2.42. The maximum absolute atomic E-state index is 12.8. The van der Waals surface area contributed by atoms with E-state index in [1.807, 2.05) is 6.92 Å². The molecule has 3 unspecified atom stereocenters. The number of hydrogen-bond donors (Lipinski definition) is 2. The van der Waals surface area contributed by atoms with E-state index in [9.17, 15) is 13.6 Å². The van der Waals surface area contributed by atoms with Gasteiger partial charge in [0.2, 0.25) is 0 Å². The molecule has 0 spiro atoms. The fourth-order valence-corrected chi connectivity index (χ4v) is 3.26. The summed E-state index contributed by atoms with van der Waals surface area (Å²) in [5.74, 6) is 0.771. The Kier molecular flexibility index (Phi) is 7.67.